The number of pyridine rings is 1. The molecule has 0 amide bonds. The molecular formula is C12H20N4. The van der Waals surface area contributed by atoms with Crippen molar-refractivity contribution >= 4 is 11.7 Å². The Labute approximate surface area is 97.0 Å². The van der Waals surface area contributed by atoms with Crippen LogP contribution < -0.4 is 10.6 Å². The normalized spacial score (nSPS) is 12.2. The molecule has 1 atom stereocenters. The van der Waals surface area contributed by atoms with E-state index in [0.29, 0.717) is 11.7 Å². The zero-order chi connectivity index (χ0) is 12.1. The van der Waals surface area contributed by atoms with E-state index in [1.54, 1.807) is 6.07 Å². The third-order valence-corrected chi connectivity index (χ3v) is 2.77. The van der Waals surface area contributed by atoms with Gasteiger partial charge in [-0.05, 0) is 32.4 Å². The van der Waals surface area contributed by atoms with E-state index < -0.39 is 0 Å². The van der Waals surface area contributed by atoms with Gasteiger partial charge in [0.1, 0.15) is 17.3 Å². The maximum Gasteiger partial charge on any atom is 0.141 e. The number of nitrogen functional groups attached to an aromatic ring is 1. The second-order valence-corrected chi connectivity index (χ2v) is 3.84. The molecule has 0 fully saturated rings. The number of nitrogens with one attached hydrogen (secondary N) is 1. The minimum atomic E-state index is 0.0158. The van der Waals surface area contributed by atoms with Crippen LogP contribution in [0.2, 0.25) is 0 Å². The minimum Gasteiger partial charge on any atom is -0.382 e. The Hall–Kier alpha value is -1.58. The van der Waals surface area contributed by atoms with Crippen LogP contribution in [-0.2, 0) is 0 Å². The molecule has 4 heteroatoms. The lowest BCUT2D eigenvalue weighted by atomic mass is 10.2. The summed E-state index contributed by atoms with van der Waals surface area (Å²) in [4.78, 5) is 6.60. The van der Waals surface area contributed by atoms with Gasteiger partial charge in [0.15, 0.2) is 0 Å². The lowest BCUT2D eigenvalue weighted by Crippen LogP contribution is -2.33. The number of hydrogen-bond donors (Lipinski definition) is 2. The summed E-state index contributed by atoms with van der Waals surface area (Å²) in [5.41, 5.74) is 5.98. The molecule has 0 saturated heterocycles. The highest BCUT2D eigenvalue weighted by molar-refractivity contribution is 5.93. The number of amidine groups is 1. The Morgan fingerprint density at radius 2 is 2.19 bits per heavy atom. The third kappa shape index (κ3) is 2.72. The Kier molecular flexibility index (Phi) is 4.28. The van der Waals surface area contributed by atoms with Crippen LogP contribution in [0.1, 0.15) is 32.9 Å². The standard InChI is InChI=1S/C12H20N4/c1-4-9(3)16(5-2)11-8-6-7-10(15-11)12(13)14/h6-9H,4-5H2,1-3H3,(H3,13,14). The van der Waals surface area contributed by atoms with Gasteiger partial charge in [0.25, 0.3) is 0 Å². The van der Waals surface area contributed by atoms with Crippen molar-refractivity contribution in [2.75, 3.05) is 11.4 Å². The van der Waals surface area contributed by atoms with Gasteiger partial charge in [-0.3, -0.25) is 5.41 Å². The highest BCUT2D eigenvalue weighted by Crippen LogP contribution is 2.15. The number of anilines is 1. The zero-order valence-corrected chi connectivity index (χ0v) is 10.2. The molecule has 0 aliphatic carbocycles. The van der Waals surface area contributed by atoms with Gasteiger partial charge >= 0.3 is 0 Å². The Morgan fingerprint density at radius 1 is 1.50 bits per heavy atom. The molecular weight excluding hydrogens is 200 g/mol. The first kappa shape index (κ1) is 12.5. The first-order valence-electron chi connectivity index (χ1n) is 5.68. The van der Waals surface area contributed by atoms with E-state index in [1.807, 2.05) is 12.1 Å². The first-order chi connectivity index (χ1) is 7.60. The van der Waals surface area contributed by atoms with E-state index in [4.69, 9.17) is 11.1 Å². The first-order valence-corrected chi connectivity index (χ1v) is 5.68. The lowest BCUT2D eigenvalue weighted by molar-refractivity contribution is 0.623. The van der Waals surface area contributed by atoms with Crippen molar-refractivity contribution in [1.82, 2.24) is 4.98 Å². The van der Waals surface area contributed by atoms with Crippen LogP contribution in [0.25, 0.3) is 0 Å². The van der Waals surface area contributed by atoms with Gasteiger partial charge in [-0.1, -0.05) is 13.0 Å². The predicted octanol–water partition coefficient (Wildman–Crippen LogP) is 1.99. The highest BCUT2D eigenvalue weighted by atomic mass is 15.2. The fourth-order valence-electron chi connectivity index (χ4n) is 1.65. The second-order valence-electron chi connectivity index (χ2n) is 3.84. The number of aromatic nitrogens is 1. The molecule has 1 rings (SSSR count). The lowest BCUT2D eigenvalue weighted by Gasteiger charge is -2.28. The summed E-state index contributed by atoms with van der Waals surface area (Å²) in [7, 11) is 0. The van der Waals surface area contributed by atoms with Crippen molar-refractivity contribution in [2.24, 2.45) is 5.73 Å². The molecule has 3 N–H and O–H groups in total. The Bertz CT molecular complexity index is 362. The van der Waals surface area contributed by atoms with Crippen molar-refractivity contribution in [3.05, 3.63) is 23.9 Å². The van der Waals surface area contributed by atoms with E-state index in [2.05, 4.69) is 30.7 Å². The van der Waals surface area contributed by atoms with E-state index >= 15 is 0 Å². The number of rotatable bonds is 5. The smallest absolute Gasteiger partial charge is 0.141 e. The molecule has 1 aromatic heterocycles. The van der Waals surface area contributed by atoms with Crippen LogP contribution in [0.3, 0.4) is 0 Å². The molecule has 1 unspecified atom stereocenters. The van der Waals surface area contributed by atoms with Crippen LogP contribution in [0, 0.1) is 5.41 Å². The zero-order valence-electron chi connectivity index (χ0n) is 10.2. The SMILES string of the molecule is CCC(C)N(CC)c1cccc(C(=N)N)n1. The summed E-state index contributed by atoms with van der Waals surface area (Å²) in [6.45, 7) is 7.34. The maximum absolute atomic E-state index is 7.38. The average Bonchev–Trinajstić information content (AvgIpc) is 2.30. The summed E-state index contributed by atoms with van der Waals surface area (Å²) < 4.78 is 0. The molecule has 88 valence electrons. The van der Waals surface area contributed by atoms with Crippen molar-refractivity contribution in [3.63, 3.8) is 0 Å². The van der Waals surface area contributed by atoms with Crippen molar-refractivity contribution < 1.29 is 0 Å². The predicted molar refractivity (Wildman–Crippen MR) is 68.0 cm³/mol. The van der Waals surface area contributed by atoms with Gasteiger partial charge in [-0.15, -0.1) is 0 Å². The quantitative estimate of drug-likeness (QED) is 0.589. The fraction of sp³-hybridized carbons (Fsp3) is 0.500. The van der Waals surface area contributed by atoms with E-state index in [1.165, 1.54) is 0 Å². The summed E-state index contributed by atoms with van der Waals surface area (Å²) >= 11 is 0. The summed E-state index contributed by atoms with van der Waals surface area (Å²) in [5, 5.41) is 7.38. The monoisotopic (exact) mass is 220 g/mol. The van der Waals surface area contributed by atoms with Gasteiger partial charge in [0.05, 0.1) is 0 Å². The molecule has 4 nitrogen and oxygen atoms in total. The average molecular weight is 220 g/mol. The third-order valence-electron chi connectivity index (χ3n) is 2.77. The molecule has 0 aliphatic rings. The van der Waals surface area contributed by atoms with E-state index in [9.17, 15) is 0 Å². The molecule has 16 heavy (non-hydrogen) atoms. The molecule has 1 aromatic rings. The highest BCUT2D eigenvalue weighted by Gasteiger charge is 2.12. The minimum absolute atomic E-state index is 0.0158. The van der Waals surface area contributed by atoms with Crippen LogP contribution in [0.15, 0.2) is 18.2 Å². The molecule has 1 heterocycles. The van der Waals surface area contributed by atoms with Gasteiger partial charge < -0.3 is 10.6 Å². The number of hydrogen-bond acceptors (Lipinski definition) is 3. The molecule has 0 saturated carbocycles. The van der Waals surface area contributed by atoms with Gasteiger partial charge in [-0.25, -0.2) is 4.98 Å². The van der Waals surface area contributed by atoms with E-state index in [-0.39, 0.29) is 5.84 Å². The Balaban J connectivity index is 3.01. The molecule has 0 bridgehead atoms. The van der Waals surface area contributed by atoms with Crippen LogP contribution in [0.4, 0.5) is 5.82 Å². The van der Waals surface area contributed by atoms with Gasteiger partial charge in [0, 0.05) is 12.6 Å². The largest absolute Gasteiger partial charge is 0.382 e. The summed E-state index contributed by atoms with van der Waals surface area (Å²) in [6, 6.07) is 6.06. The van der Waals surface area contributed by atoms with E-state index in [0.717, 1.165) is 18.8 Å². The van der Waals surface area contributed by atoms with Crippen molar-refractivity contribution in [2.45, 2.75) is 33.2 Å². The van der Waals surface area contributed by atoms with Crippen molar-refractivity contribution in [3.8, 4) is 0 Å². The summed E-state index contributed by atoms with van der Waals surface area (Å²) in [6.07, 6.45) is 1.07. The van der Waals surface area contributed by atoms with Gasteiger partial charge in [0.2, 0.25) is 0 Å². The van der Waals surface area contributed by atoms with Crippen LogP contribution in [0.5, 0.6) is 0 Å². The Morgan fingerprint density at radius 3 is 2.69 bits per heavy atom. The second kappa shape index (κ2) is 5.49. The van der Waals surface area contributed by atoms with Crippen LogP contribution >= 0.6 is 0 Å². The number of nitrogens with zero attached hydrogens (tertiary/aromatic N) is 2. The molecule has 0 aliphatic heterocycles. The molecule has 0 radical (unpaired) electrons. The summed E-state index contributed by atoms with van der Waals surface area (Å²) in [5.74, 6) is 0.909. The number of nitrogens with two attached hydrogens (primary N) is 1. The fourth-order valence-corrected chi connectivity index (χ4v) is 1.65. The molecule has 0 aromatic carbocycles. The van der Waals surface area contributed by atoms with Gasteiger partial charge in [-0.2, -0.15) is 0 Å². The molecule has 0 spiro atoms. The maximum atomic E-state index is 7.38. The van der Waals surface area contributed by atoms with Crippen molar-refractivity contribution in [1.29, 1.82) is 5.41 Å². The van der Waals surface area contributed by atoms with Crippen LogP contribution in [-0.4, -0.2) is 23.4 Å². The topological polar surface area (TPSA) is 66.0 Å².